The van der Waals surface area contributed by atoms with E-state index in [1.54, 1.807) is 19.1 Å². The number of fused-ring (bicyclic) bond motifs is 1. The van der Waals surface area contributed by atoms with E-state index in [2.05, 4.69) is 5.10 Å². The van der Waals surface area contributed by atoms with Gasteiger partial charge in [-0.05, 0) is 43.5 Å². The predicted octanol–water partition coefficient (Wildman–Crippen LogP) is 3.52. The van der Waals surface area contributed by atoms with Crippen LogP contribution in [0.2, 0.25) is 0 Å². The molecule has 6 nitrogen and oxygen atoms in total. The van der Waals surface area contributed by atoms with Gasteiger partial charge in [-0.2, -0.15) is 5.10 Å². The molecule has 1 aliphatic rings. The lowest BCUT2D eigenvalue weighted by Gasteiger charge is -2.17. The summed E-state index contributed by atoms with van der Waals surface area (Å²) in [5.41, 5.74) is 3.78. The van der Waals surface area contributed by atoms with Gasteiger partial charge in [0.25, 0.3) is 5.91 Å². The van der Waals surface area contributed by atoms with E-state index < -0.39 is 0 Å². The Morgan fingerprint density at radius 3 is 2.55 bits per heavy atom. The number of hydrogen-bond donors (Lipinski definition) is 0. The smallest absolute Gasteiger partial charge is 0.274 e. The van der Waals surface area contributed by atoms with Crippen molar-refractivity contribution >= 4 is 5.91 Å². The van der Waals surface area contributed by atoms with Crippen LogP contribution < -0.4 is 9.47 Å². The van der Waals surface area contributed by atoms with Crippen molar-refractivity contribution in [1.29, 1.82) is 0 Å². The van der Waals surface area contributed by atoms with Gasteiger partial charge in [-0.1, -0.05) is 30.3 Å². The first-order valence-corrected chi connectivity index (χ1v) is 9.86. The van der Waals surface area contributed by atoms with Crippen LogP contribution in [0.15, 0.2) is 54.6 Å². The van der Waals surface area contributed by atoms with Crippen LogP contribution in [0.1, 0.15) is 28.2 Å². The van der Waals surface area contributed by atoms with Crippen LogP contribution in [-0.2, 0) is 12.8 Å². The summed E-state index contributed by atoms with van der Waals surface area (Å²) in [6.07, 6.45) is 2.90. The summed E-state index contributed by atoms with van der Waals surface area (Å²) < 4.78 is 13.0. The Labute approximate surface area is 170 Å². The van der Waals surface area contributed by atoms with Crippen LogP contribution in [-0.4, -0.2) is 47.9 Å². The van der Waals surface area contributed by atoms with Gasteiger partial charge in [0.15, 0.2) is 17.2 Å². The summed E-state index contributed by atoms with van der Waals surface area (Å²) in [7, 11) is 3.40. The molecule has 1 heterocycles. The van der Waals surface area contributed by atoms with E-state index in [1.165, 1.54) is 0 Å². The maximum absolute atomic E-state index is 13.1. The van der Waals surface area contributed by atoms with Gasteiger partial charge in [0, 0.05) is 18.3 Å². The first-order chi connectivity index (χ1) is 14.2. The van der Waals surface area contributed by atoms with Gasteiger partial charge in [0.2, 0.25) is 0 Å². The zero-order valence-electron chi connectivity index (χ0n) is 16.8. The lowest BCUT2D eigenvalue weighted by molar-refractivity contribution is 0.0766. The van der Waals surface area contributed by atoms with Crippen molar-refractivity contribution in [3.8, 4) is 17.2 Å². The number of aromatic nitrogens is 2. The van der Waals surface area contributed by atoms with Gasteiger partial charge in [-0.25, -0.2) is 4.68 Å². The number of methoxy groups -OCH3 is 1. The number of benzene rings is 2. The number of amides is 1. The third-order valence-electron chi connectivity index (χ3n) is 5.23. The third kappa shape index (κ3) is 3.83. The molecule has 4 rings (SSSR count). The second kappa shape index (κ2) is 8.39. The standard InChI is InChI=1S/C23H25N3O3/c1-25(15-16-29-21-14-7-6-13-20(21)28-2)23(27)22-18-11-8-12-19(18)26(24-22)17-9-4-3-5-10-17/h3-7,9-10,13-14H,8,11-12,15-16H2,1-2H3. The van der Waals surface area contributed by atoms with Crippen LogP contribution in [0.5, 0.6) is 11.5 Å². The monoisotopic (exact) mass is 391 g/mol. The number of nitrogens with zero attached hydrogens (tertiary/aromatic N) is 3. The fraction of sp³-hybridized carbons (Fsp3) is 0.304. The molecular formula is C23H25N3O3. The fourth-order valence-electron chi connectivity index (χ4n) is 3.70. The van der Waals surface area contributed by atoms with Crippen molar-refractivity contribution in [1.82, 2.24) is 14.7 Å². The number of ether oxygens (including phenoxy) is 2. The number of likely N-dealkylation sites (N-methyl/N-ethyl adjacent to an activating group) is 1. The summed E-state index contributed by atoms with van der Waals surface area (Å²) in [5, 5.41) is 4.68. The Hall–Kier alpha value is -3.28. The Balaban J connectivity index is 1.47. The Morgan fingerprint density at radius 1 is 1.07 bits per heavy atom. The average Bonchev–Trinajstić information content (AvgIpc) is 3.37. The lowest BCUT2D eigenvalue weighted by Crippen LogP contribution is -2.31. The molecule has 1 aliphatic carbocycles. The van der Waals surface area contributed by atoms with E-state index >= 15 is 0 Å². The molecule has 0 saturated heterocycles. The van der Waals surface area contributed by atoms with E-state index in [-0.39, 0.29) is 5.91 Å². The van der Waals surface area contributed by atoms with Crippen LogP contribution in [0.3, 0.4) is 0 Å². The molecule has 0 radical (unpaired) electrons. The fourth-order valence-corrected chi connectivity index (χ4v) is 3.70. The lowest BCUT2D eigenvalue weighted by atomic mass is 10.2. The zero-order valence-corrected chi connectivity index (χ0v) is 16.8. The topological polar surface area (TPSA) is 56.6 Å². The Morgan fingerprint density at radius 2 is 1.79 bits per heavy atom. The van der Waals surface area contributed by atoms with Crippen LogP contribution in [0.25, 0.3) is 5.69 Å². The van der Waals surface area contributed by atoms with Crippen LogP contribution in [0, 0.1) is 0 Å². The van der Waals surface area contributed by atoms with Gasteiger partial charge in [0.05, 0.1) is 19.3 Å². The van der Waals surface area contributed by atoms with Crippen molar-refractivity contribution in [2.75, 3.05) is 27.3 Å². The van der Waals surface area contributed by atoms with Crippen molar-refractivity contribution < 1.29 is 14.3 Å². The third-order valence-corrected chi connectivity index (χ3v) is 5.23. The number of carbonyl (C=O) groups is 1. The quantitative estimate of drug-likeness (QED) is 0.618. The highest BCUT2D eigenvalue weighted by Gasteiger charge is 2.28. The van der Waals surface area contributed by atoms with Crippen molar-refractivity contribution in [3.05, 3.63) is 71.5 Å². The molecular weight excluding hydrogens is 366 g/mol. The zero-order chi connectivity index (χ0) is 20.2. The molecule has 0 N–H and O–H groups in total. The van der Waals surface area contributed by atoms with Crippen LogP contribution >= 0.6 is 0 Å². The van der Waals surface area contributed by atoms with Crippen LogP contribution in [0.4, 0.5) is 0 Å². The molecule has 0 bridgehead atoms. The maximum atomic E-state index is 13.1. The summed E-state index contributed by atoms with van der Waals surface area (Å²) in [6.45, 7) is 0.841. The Kier molecular flexibility index (Phi) is 5.51. The molecule has 0 atom stereocenters. The number of para-hydroxylation sites is 3. The highest BCUT2D eigenvalue weighted by atomic mass is 16.5. The van der Waals surface area contributed by atoms with E-state index in [9.17, 15) is 4.79 Å². The molecule has 0 spiro atoms. The SMILES string of the molecule is COc1ccccc1OCCN(C)C(=O)c1nn(-c2ccccc2)c2c1CCC2. The predicted molar refractivity (Wildman–Crippen MR) is 111 cm³/mol. The van der Waals surface area contributed by atoms with Gasteiger partial charge in [0.1, 0.15) is 6.61 Å². The summed E-state index contributed by atoms with van der Waals surface area (Å²) in [5.74, 6) is 1.28. The largest absolute Gasteiger partial charge is 0.493 e. The molecule has 2 aromatic carbocycles. The minimum absolute atomic E-state index is 0.0681. The van der Waals surface area contributed by atoms with E-state index in [0.717, 1.165) is 36.2 Å². The maximum Gasteiger partial charge on any atom is 0.274 e. The van der Waals surface area contributed by atoms with Gasteiger partial charge < -0.3 is 14.4 Å². The summed E-state index contributed by atoms with van der Waals surface area (Å²) >= 11 is 0. The molecule has 0 unspecified atom stereocenters. The molecule has 0 aliphatic heterocycles. The highest BCUT2D eigenvalue weighted by Crippen LogP contribution is 2.29. The molecule has 1 aromatic heterocycles. The van der Waals surface area contributed by atoms with Crippen molar-refractivity contribution in [2.45, 2.75) is 19.3 Å². The molecule has 29 heavy (non-hydrogen) atoms. The second-order valence-corrected chi connectivity index (χ2v) is 7.10. The molecule has 6 heteroatoms. The molecule has 3 aromatic rings. The summed E-state index contributed by atoms with van der Waals surface area (Å²) in [6, 6.07) is 17.5. The molecule has 0 fully saturated rings. The number of rotatable bonds is 7. The van der Waals surface area contributed by atoms with Crippen molar-refractivity contribution in [3.63, 3.8) is 0 Å². The second-order valence-electron chi connectivity index (χ2n) is 7.10. The minimum Gasteiger partial charge on any atom is -0.493 e. The van der Waals surface area contributed by atoms with Gasteiger partial charge >= 0.3 is 0 Å². The average molecular weight is 391 g/mol. The number of carbonyl (C=O) groups excluding carboxylic acids is 1. The first kappa shape index (κ1) is 19.1. The normalized spacial score (nSPS) is 12.5. The van der Waals surface area contributed by atoms with Crippen molar-refractivity contribution in [2.24, 2.45) is 0 Å². The van der Waals surface area contributed by atoms with E-state index in [1.807, 2.05) is 59.3 Å². The van der Waals surface area contributed by atoms with Gasteiger partial charge in [-0.3, -0.25) is 4.79 Å². The van der Waals surface area contributed by atoms with Gasteiger partial charge in [-0.15, -0.1) is 0 Å². The summed E-state index contributed by atoms with van der Waals surface area (Å²) in [4.78, 5) is 14.8. The molecule has 1 amide bonds. The van der Waals surface area contributed by atoms with E-state index in [4.69, 9.17) is 9.47 Å². The minimum atomic E-state index is -0.0681. The number of hydrogen-bond acceptors (Lipinski definition) is 4. The first-order valence-electron chi connectivity index (χ1n) is 9.86. The van der Waals surface area contributed by atoms with E-state index in [0.29, 0.717) is 30.3 Å². The highest BCUT2D eigenvalue weighted by molar-refractivity contribution is 5.94. The molecule has 0 saturated carbocycles. The molecule has 150 valence electrons. The Bertz CT molecular complexity index is 998.